The summed E-state index contributed by atoms with van der Waals surface area (Å²) in [6, 6.07) is 0.455. The van der Waals surface area contributed by atoms with Crippen molar-refractivity contribution in [3.63, 3.8) is 0 Å². The van der Waals surface area contributed by atoms with Crippen molar-refractivity contribution >= 4 is 0 Å². The third-order valence-electron chi connectivity index (χ3n) is 3.24. The molecule has 16 heavy (non-hydrogen) atoms. The highest BCUT2D eigenvalue weighted by molar-refractivity contribution is 5.16. The van der Waals surface area contributed by atoms with Crippen LogP contribution in [0.3, 0.4) is 0 Å². The van der Waals surface area contributed by atoms with Crippen LogP contribution < -0.4 is 5.32 Å². The van der Waals surface area contributed by atoms with Crippen molar-refractivity contribution in [3.05, 3.63) is 17.5 Å². The highest BCUT2D eigenvalue weighted by Crippen LogP contribution is 2.14. The molecule has 4 nitrogen and oxygen atoms in total. The van der Waals surface area contributed by atoms with E-state index in [4.69, 9.17) is 0 Å². The van der Waals surface area contributed by atoms with Gasteiger partial charge in [0, 0.05) is 50.0 Å². The van der Waals surface area contributed by atoms with E-state index >= 15 is 0 Å². The second-order valence-electron chi connectivity index (χ2n) is 4.82. The van der Waals surface area contributed by atoms with Gasteiger partial charge in [0.1, 0.15) is 0 Å². The van der Waals surface area contributed by atoms with Crippen LogP contribution in [0.4, 0.5) is 0 Å². The lowest BCUT2D eigenvalue weighted by Gasteiger charge is -2.27. The van der Waals surface area contributed by atoms with Crippen LogP contribution in [0.1, 0.15) is 31.1 Å². The second-order valence-corrected chi connectivity index (χ2v) is 4.82. The molecule has 0 bridgehead atoms. The molecule has 0 amide bonds. The minimum absolute atomic E-state index is 0.455. The zero-order valence-corrected chi connectivity index (χ0v) is 10.5. The third-order valence-corrected chi connectivity index (χ3v) is 3.24. The fraction of sp³-hybridized carbons (Fsp3) is 0.750. The van der Waals surface area contributed by atoms with Crippen LogP contribution in [-0.2, 0) is 6.54 Å². The molecule has 90 valence electrons. The van der Waals surface area contributed by atoms with Gasteiger partial charge in [-0.1, -0.05) is 0 Å². The van der Waals surface area contributed by atoms with Gasteiger partial charge in [0.15, 0.2) is 0 Å². The lowest BCUT2D eigenvalue weighted by molar-refractivity contribution is 0.232. The van der Waals surface area contributed by atoms with E-state index in [0.29, 0.717) is 6.04 Å². The average molecular weight is 222 g/mol. The van der Waals surface area contributed by atoms with Crippen molar-refractivity contribution in [2.75, 3.05) is 26.2 Å². The molecular weight excluding hydrogens is 200 g/mol. The van der Waals surface area contributed by atoms with E-state index in [1.807, 2.05) is 6.20 Å². The van der Waals surface area contributed by atoms with E-state index in [2.05, 4.69) is 40.8 Å². The number of aromatic nitrogens is 2. The molecule has 4 heteroatoms. The van der Waals surface area contributed by atoms with Crippen molar-refractivity contribution in [3.8, 4) is 0 Å². The summed E-state index contributed by atoms with van der Waals surface area (Å²) < 4.78 is 2.11. The van der Waals surface area contributed by atoms with Gasteiger partial charge in [0.25, 0.3) is 0 Å². The van der Waals surface area contributed by atoms with E-state index in [0.717, 1.165) is 32.7 Å². The molecule has 0 saturated carbocycles. The number of nitrogens with zero attached hydrogens (tertiary/aromatic N) is 3. The van der Waals surface area contributed by atoms with Crippen molar-refractivity contribution < 1.29 is 0 Å². The van der Waals surface area contributed by atoms with Crippen LogP contribution in [0, 0.1) is 6.92 Å². The summed E-state index contributed by atoms with van der Waals surface area (Å²) in [5.74, 6) is 0. The molecule has 0 unspecified atom stereocenters. The van der Waals surface area contributed by atoms with Crippen LogP contribution in [0.15, 0.2) is 6.20 Å². The lowest BCUT2D eigenvalue weighted by atomic mass is 10.2. The van der Waals surface area contributed by atoms with Crippen LogP contribution in [-0.4, -0.2) is 40.9 Å². The van der Waals surface area contributed by atoms with E-state index < -0.39 is 0 Å². The van der Waals surface area contributed by atoms with Gasteiger partial charge in [-0.2, -0.15) is 5.10 Å². The Kier molecular flexibility index (Phi) is 3.61. The first-order valence-corrected chi connectivity index (χ1v) is 6.14. The minimum atomic E-state index is 0.455. The monoisotopic (exact) mass is 222 g/mol. The predicted octanol–water partition coefficient (Wildman–Crippen LogP) is 1.18. The summed E-state index contributed by atoms with van der Waals surface area (Å²) >= 11 is 0. The van der Waals surface area contributed by atoms with Gasteiger partial charge in [0.2, 0.25) is 0 Å². The number of hydrogen-bond donors (Lipinski definition) is 1. The summed E-state index contributed by atoms with van der Waals surface area (Å²) in [5, 5.41) is 7.83. The smallest absolute Gasteiger partial charge is 0.0537 e. The molecule has 1 saturated heterocycles. The first-order chi connectivity index (χ1) is 7.68. The number of nitrogens with one attached hydrogen (secondary N) is 1. The lowest BCUT2D eigenvalue weighted by Crippen LogP contribution is -2.42. The molecule has 1 aromatic rings. The van der Waals surface area contributed by atoms with Gasteiger partial charge < -0.3 is 5.32 Å². The molecule has 1 aromatic heterocycles. The van der Waals surface area contributed by atoms with E-state index in [1.54, 1.807) is 0 Å². The Morgan fingerprint density at radius 1 is 1.38 bits per heavy atom. The minimum Gasteiger partial charge on any atom is -0.314 e. The Bertz CT molecular complexity index is 337. The third kappa shape index (κ3) is 2.44. The summed E-state index contributed by atoms with van der Waals surface area (Å²) in [6.07, 6.45) is 2.03. The van der Waals surface area contributed by atoms with Gasteiger partial charge in [-0.25, -0.2) is 0 Å². The molecular formula is C12H22N4. The van der Waals surface area contributed by atoms with Crippen molar-refractivity contribution in [1.82, 2.24) is 20.0 Å². The van der Waals surface area contributed by atoms with Gasteiger partial charge in [-0.3, -0.25) is 9.58 Å². The molecule has 2 rings (SSSR count). The summed E-state index contributed by atoms with van der Waals surface area (Å²) in [6.45, 7) is 12.1. The second kappa shape index (κ2) is 4.97. The van der Waals surface area contributed by atoms with Crippen molar-refractivity contribution in [2.24, 2.45) is 0 Å². The van der Waals surface area contributed by atoms with E-state index in [1.165, 1.54) is 11.3 Å². The quantitative estimate of drug-likeness (QED) is 0.833. The maximum absolute atomic E-state index is 4.46. The largest absolute Gasteiger partial charge is 0.314 e. The topological polar surface area (TPSA) is 33.1 Å². The highest BCUT2D eigenvalue weighted by Gasteiger charge is 2.14. The zero-order valence-electron chi connectivity index (χ0n) is 10.5. The van der Waals surface area contributed by atoms with Gasteiger partial charge in [0.05, 0.1) is 6.20 Å². The Labute approximate surface area is 97.6 Å². The standard InChI is InChI=1S/C12H22N4/c1-10(2)16-11(3)12(8-14-16)9-15-6-4-13-5-7-15/h8,10,13H,4-7,9H2,1-3H3. The highest BCUT2D eigenvalue weighted by atomic mass is 15.3. The molecule has 0 aromatic carbocycles. The van der Waals surface area contributed by atoms with Crippen molar-refractivity contribution in [1.29, 1.82) is 0 Å². The molecule has 0 spiro atoms. The van der Waals surface area contributed by atoms with Gasteiger partial charge in [-0.05, 0) is 20.8 Å². The molecule has 1 aliphatic heterocycles. The summed E-state index contributed by atoms with van der Waals surface area (Å²) in [7, 11) is 0. The van der Waals surface area contributed by atoms with Gasteiger partial charge >= 0.3 is 0 Å². The van der Waals surface area contributed by atoms with Crippen LogP contribution in [0.25, 0.3) is 0 Å². The molecule has 2 heterocycles. The first-order valence-electron chi connectivity index (χ1n) is 6.14. The summed E-state index contributed by atoms with van der Waals surface area (Å²) in [4.78, 5) is 2.49. The normalized spacial score (nSPS) is 18.2. The molecule has 0 radical (unpaired) electrons. The number of hydrogen-bond acceptors (Lipinski definition) is 3. The Morgan fingerprint density at radius 3 is 2.62 bits per heavy atom. The van der Waals surface area contributed by atoms with Crippen LogP contribution in [0.2, 0.25) is 0 Å². The molecule has 0 aliphatic carbocycles. The average Bonchev–Trinajstić information content (AvgIpc) is 2.62. The SMILES string of the molecule is Cc1c(CN2CCNCC2)cnn1C(C)C. The maximum atomic E-state index is 4.46. The number of rotatable bonds is 3. The van der Waals surface area contributed by atoms with Crippen LogP contribution in [0.5, 0.6) is 0 Å². The molecule has 1 fully saturated rings. The Balaban J connectivity index is 2.03. The Morgan fingerprint density at radius 2 is 2.06 bits per heavy atom. The van der Waals surface area contributed by atoms with Gasteiger partial charge in [-0.15, -0.1) is 0 Å². The molecule has 0 atom stereocenters. The predicted molar refractivity (Wildman–Crippen MR) is 65.5 cm³/mol. The molecule has 1 N–H and O–H groups in total. The van der Waals surface area contributed by atoms with E-state index in [-0.39, 0.29) is 0 Å². The number of piperazine rings is 1. The Hall–Kier alpha value is -0.870. The fourth-order valence-electron chi connectivity index (χ4n) is 2.25. The molecule has 1 aliphatic rings. The van der Waals surface area contributed by atoms with Crippen molar-refractivity contribution in [2.45, 2.75) is 33.4 Å². The maximum Gasteiger partial charge on any atom is 0.0537 e. The first kappa shape index (κ1) is 11.6. The zero-order chi connectivity index (χ0) is 11.5. The van der Waals surface area contributed by atoms with Crippen LogP contribution >= 0.6 is 0 Å². The fourth-order valence-corrected chi connectivity index (χ4v) is 2.25. The summed E-state index contributed by atoms with van der Waals surface area (Å²) in [5.41, 5.74) is 2.68. The van der Waals surface area contributed by atoms with E-state index in [9.17, 15) is 0 Å².